The lowest BCUT2D eigenvalue weighted by Gasteiger charge is -2.16. The fourth-order valence-corrected chi connectivity index (χ4v) is 1.37. The van der Waals surface area contributed by atoms with Crippen molar-refractivity contribution >= 4 is 0 Å². The van der Waals surface area contributed by atoms with E-state index in [1.165, 1.54) is 12.8 Å². The normalized spacial score (nSPS) is 21.1. The van der Waals surface area contributed by atoms with E-state index in [2.05, 4.69) is 23.3 Å². The van der Waals surface area contributed by atoms with Gasteiger partial charge in [-0.25, -0.2) is 0 Å². The zero-order chi connectivity index (χ0) is 10.6. The highest BCUT2D eigenvalue weighted by Crippen LogP contribution is 2.12. The molecule has 1 N–H and O–H groups in total. The number of likely N-dealkylation sites (tertiary alicyclic amines) is 1. The molecule has 0 aromatic carbocycles. The van der Waals surface area contributed by atoms with Crippen molar-refractivity contribution < 1.29 is 5.11 Å². The van der Waals surface area contributed by atoms with Crippen molar-refractivity contribution in [2.75, 3.05) is 19.6 Å². The Morgan fingerprint density at radius 1 is 1.50 bits per heavy atom. The van der Waals surface area contributed by atoms with E-state index in [1.54, 1.807) is 13.8 Å². The van der Waals surface area contributed by atoms with E-state index >= 15 is 0 Å². The standard InChI is InChI=1S/C12H19NO/c1-11(2)12(3,14)7-6-10-13-8-4-5-9-13/h14H,1,4-5,8-10H2,2-3H3. The van der Waals surface area contributed by atoms with Gasteiger partial charge in [0.2, 0.25) is 0 Å². The van der Waals surface area contributed by atoms with E-state index in [0.29, 0.717) is 5.57 Å². The van der Waals surface area contributed by atoms with Crippen molar-refractivity contribution in [2.24, 2.45) is 0 Å². The minimum atomic E-state index is -1.03. The van der Waals surface area contributed by atoms with Crippen LogP contribution in [-0.4, -0.2) is 35.2 Å². The molecule has 1 rings (SSSR count). The third-order valence-electron chi connectivity index (χ3n) is 2.66. The molecule has 0 aliphatic carbocycles. The van der Waals surface area contributed by atoms with Gasteiger partial charge in [0.1, 0.15) is 5.60 Å². The maximum Gasteiger partial charge on any atom is 0.143 e. The fourth-order valence-electron chi connectivity index (χ4n) is 1.37. The third kappa shape index (κ3) is 3.17. The second kappa shape index (κ2) is 4.63. The molecule has 78 valence electrons. The fraction of sp³-hybridized carbons (Fsp3) is 0.667. The van der Waals surface area contributed by atoms with Crippen LogP contribution in [-0.2, 0) is 0 Å². The number of hydrogen-bond donors (Lipinski definition) is 1. The van der Waals surface area contributed by atoms with Crippen molar-refractivity contribution in [3.8, 4) is 11.8 Å². The van der Waals surface area contributed by atoms with E-state index < -0.39 is 5.60 Å². The molecule has 1 aliphatic heterocycles. The number of nitrogens with zero attached hydrogens (tertiary/aromatic N) is 1. The molecule has 1 saturated heterocycles. The maximum atomic E-state index is 9.77. The SMILES string of the molecule is C=C(C)C(C)(O)C#CCN1CCCC1. The first-order valence-electron chi connectivity index (χ1n) is 5.13. The quantitative estimate of drug-likeness (QED) is 0.529. The second-order valence-electron chi connectivity index (χ2n) is 4.14. The Morgan fingerprint density at radius 3 is 2.57 bits per heavy atom. The zero-order valence-electron chi connectivity index (χ0n) is 9.14. The Bertz CT molecular complexity index is 264. The predicted molar refractivity (Wildman–Crippen MR) is 58.9 cm³/mol. The average molecular weight is 193 g/mol. The molecular weight excluding hydrogens is 174 g/mol. The Labute approximate surface area is 86.6 Å². The van der Waals surface area contributed by atoms with Crippen LogP contribution in [0.5, 0.6) is 0 Å². The van der Waals surface area contributed by atoms with Crippen LogP contribution in [0.1, 0.15) is 26.7 Å². The molecule has 2 nitrogen and oxygen atoms in total. The first kappa shape index (κ1) is 11.3. The molecule has 0 aromatic heterocycles. The van der Waals surface area contributed by atoms with Crippen LogP contribution < -0.4 is 0 Å². The highest BCUT2D eigenvalue weighted by molar-refractivity contribution is 5.26. The topological polar surface area (TPSA) is 23.5 Å². The molecule has 1 atom stereocenters. The molecule has 0 radical (unpaired) electrons. The zero-order valence-corrected chi connectivity index (χ0v) is 9.14. The van der Waals surface area contributed by atoms with Crippen LogP contribution in [0.15, 0.2) is 12.2 Å². The molecule has 0 aromatic rings. The molecule has 1 unspecified atom stereocenters. The van der Waals surface area contributed by atoms with Crippen molar-refractivity contribution in [1.82, 2.24) is 4.90 Å². The minimum Gasteiger partial charge on any atom is -0.374 e. The summed E-state index contributed by atoms with van der Waals surface area (Å²) in [6, 6.07) is 0. The van der Waals surface area contributed by atoms with Crippen LogP contribution in [0.2, 0.25) is 0 Å². The first-order valence-corrected chi connectivity index (χ1v) is 5.13. The molecule has 0 bridgehead atoms. The molecule has 0 spiro atoms. The number of rotatable bonds is 2. The van der Waals surface area contributed by atoms with Crippen LogP contribution in [0.25, 0.3) is 0 Å². The molecule has 14 heavy (non-hydrogen) atoms. The predicted octanol–water partition coefficient (Wildman–Crippen LogP) is 1.41. The van der Waals surface area contributed by atoms with E-state index in [-0.39, 0.29) is 0 Å². The molecule has 1 aliphatic rings. The molecular formula is C12H19NO. The van der Waals surface area contributed by atoms with Gasteiger partial charge in [-0.1, -0.05) is 18.4 Å². The van der Waals surface area contributed by atoms with Gasteiger partial charge in [0.05, 0.1) is 6.54 Å². The average Bonchev–Trinajstić information content (AvgIpc) is 2.56. The van der Waals surface area contributed by atoms with Gasteiger partial charge in [0, 0.05) is 0 Å². The van der Waals surface area contributed by atoms with Crippen molar-refractivity contribution in [3.05, 3.63) is 12.2 Å². The Balaban J connectivity index is 2.42. The van der Waals surface area contributed by atoms with Crippen LogP contribution in [0.4, 0.5) is 0 Å². The van der Waals surface area contributed by atoms with Gasteiger partial charge >= 0.3 is 0 Å². The van der Waals surface area contributed by atoms with Gasteiger partial charge in [-0.3, -0.25) is 4.90 Å². The summed E-state index contributed by atoms with van der Waals surface area (Å²) in [7, 11) is 0. The molecule has 0 amide bonds. The minimum absolute atomic E-state index is 0.700. The smallest absolute Gasteiger partial charge is 0.143 e. The lowest BCUT2D eigenvalue weighted by atomic mass is 10.00. The summed E-state index contributed by atoms with van der Waals surface area (Å²) in [6.45, 7) is 10.2. The largest absolute Gasteiger partial charge is 0.374 e. The first-order chi connectivity index (χ1) is 6.52. The summed E-state index contributed by atoms with van der Waals surface area (Å²) in [5.41, 5.74) is -0.328. The second-order valence-corrected chi connectivity index (χ2v) is 4.14. The van der Waals surface area contributed by atoms with Gasteiger partial charge < -0.3 is 5.11 Å². The number of aliphatic hydroxyl groups is 1. The van der Waals surface area contributed by atoms with E-state index in [1.807, 2.05) is 0 Å². The lowest BCUT2D eigenvalue weighted by molar-refractivity contribution is 0.161. The van der Waals surface area contributed by atoms with Gasteiger partial charge in [0.25, 0.3) is 0 Å². The number of hydrogen-bond acceptors (Lipinski definition) is 2. The van der Waals surface area contributed by atoms with E-state index in [4.69, 9.17) is 0 Å². The summed E-state index contributed by atoms with van der Waals surface area (Å²) < 4.78 is 0. The van der Waals surface area contributed by atoms with Gasteiger partial charge in [0.15, 0.2) is 0 Å². The van der Waals surface area contributed by atoms with Crippen molar-refractivity contribution in [1.29, 1.82) is 0 Å². The summed E-state index contributed by atoms with van der Waals surface area (Å²) in [4.78, 5) is 2.31. The highest BCUT2D eigenvalue weighted by Gasteiger charge is 2.17. The molecule has 0 saturated carbocycles. The van der Waals surface area contributed by atoms with Crippen LogP contribution in [0.3, 0.4) is 0 Å². The van der Waals surface area contributed by atoms with Gasteiger partial charge in [-0.15, -0.1) is 0 Å². The summed E-state index contributed by atoms with van der Waals surface area (Å²) >= 11 is 0. The molecule has 2 heteroatoms. The Morgan fingerprint density at radius 2 is 2.07 bits per heavy atom. The van der Waals surface area contributed by atoms with E-state index in [9.17, 15) is 5.11 Å². The summed E-state index contributed by atoms with van der Waals surface area (Å²) in [5, 5.41) is 9.77. The van der Waals surface area contributed by atoms with Gasteiger partial charge in [-0.2, -0.15) is 0 Å². The van der Waals surface area contributed by atoms with Crippen LogP contribution >= 0.6 is 0 Å². The Kier molecular flexibility index (Phi) is 3.74. The van der Waals surface area contributed by atoms with Gasteiger partial charge in [-0.05, 0) is 45.4 Å². The third-order valence-corrected chi connectivity index (χ3v) is 2.66. The van der Waals surface area contributed by atoms with Crippen molar-refractivity contribution in [2.45, 2.75) is 32.3 Å². The van der Waals surface area contributed by atoms with Crippen LogP contribution in [0, 0.1) is 11.8 Å². The molecule has 1 fully saturated rings. The lowest BCUT2D eigenvalue weighted by Crippen LogP contribution is -2.24. The Hall–Kier alpha value is -0.780. The van der Waals surface area contributed by atoms with E-state index in [0.717, 1.165) is 19.6 Å². The summed E-state index contributed by atoms with van der Waals surface area (Å²) in [6.07, 6.45) is 2.55. The molecule has 1 heterocycles. The maximum absolute atomic E-state index is 9.77. The highest BCUT2D eigenvalue weighted by atomic mass is 16.3. The summed E-state index contributed by atoms with van der Waals surface area (Å²) in [5.74, 6) is 5.86. The monoisotopic (exact) mass is 193 g/mol. The van der Waals surface area contributed by atoms with Crippen molar-refractivity contribution in [3.63, 3.8) is 0 Å².